The van der Waals surface area contributed by atoms with E-state index in [4.69, 9.17) is 0 Å². The molecule has 2 aromatic rings. The van der Waals surface area contributed by atoms with Gasteiger partial charge < -0.3 is 0 Å². The van der Waals surface area contributed by atoms with Gasteiger partial charge in [-0.1, -0.05) is 46.8 Å². The van der Waals surface area contributed by atoms with Gasteiger partial charge in [-0.15, -0.1) is 5.10 Å². The molecule has 0 atom stereocenters. The lowest BCUT2D eigenvalue weighted by molar-refractivity contribution is 0.224. The minimum atomic E-state index is -0.0855. The third kappa shape index (κ3) is 2.75. The van der Waals surface area contributed by atoms with E-state index in [0.29, 0.717) is 17.6 Å². The average molecular weight is 354 g/mol. The maximum atomic E-state index is 12.6. The molecule has 114 valence electrons. The van der Waals surface area contributed by atoms with Crippen LogP contribution in [0.3, 0.4) is 0 Å². The molecule has 0 unspecified atom stereocenters. The number of nitrogens with zero attached hydrogens (tertiary/aromatic N) is 5. The summed E-state index contributed by atoms with van der Waals surface area (Å²) in [4.78, 5) is 12.6. The summed E-state index contributed by atoms with van der Waals surface area (Å²) in [6.07, 6.45) is 8.88. The van der Waals surface area contributed by atoms with E-state index < -0.39 is 0 Å². The normalized spacial score (nSPS) is 18.8. The molecule has 1 fully saturated rings. The van der Waals surface area contributed by atoms with E-state index in [0.717, 1.165) is 18.2 Å². The lowest BCUT2D eigenvalue weighted by Gasteiger charge is -2.30. The standard InChI is InChI=1S/C14H20BrN5O/c1-19-12-11(8-16-19)13(21)20(18-17-12)10-14(9-15)6-4-2-3-5-7-14/h8H,2-7,9-10H2,1H3. The third-order valence-corrected chi connectivity index (χ3v) is 5.74. The van der Waals surface area contributed by atoms with Crippen LogP contribution >= 0.6 is 15.9 Å². The maximum absolute atomic E-state index is 12.6. The van der Waals surface area contributed by atoms with Crippen molar-refractivity contribution in [3.8, 4) is 0 Å². The van der Waals surface area contributed by atoms with E-state index in [1.807, 2.05) is 0 Å². The molecule has 6 nitrogen and oxygen atoms in total. The second-order valence-corrected chi connectivity index (χ2v) is 6.67. The number of hydrogen-bond donors (Lipinski definition) is 0. The summed E-state index contributed by atoms with van der Waals surface area (Å²) in [5, 5.41) is 13.8. The summed E-state index contributed by atoms with van der Waals surface area (Å²) in [5.74, 6) is 0. The number of halogens is 1. The molecule has 0 aliphatic heterocycles. The summed E-state index contributed by atoms with van der Waals surface area (Å²) in [6, 6.07) is 0. The van der Waals surface area contributed by atoms with Gasteiger partial charge >= 0.3 is 0 Å². The Bertz CT molecular complexity index is 684. The lowest BCUT2D eigenvalue weighted by atomic mass is 9.82. The summed E-state index contributed by atoms with van der Waals surface area (Å²) in [7, 11) is 1.77. The smallest absolute Gasteiger partial charge is 0.267 e. The van der Waals surface area contributed by atoms with Gasteiger partial charge in [-0.2, -0.15) is 5.10 Å². The molecule has 0 bridgehead atoms. The number of aromatic nitrogens is 5. The minimum absolute atomic E-state index is 0.0855. The molecular weight excluding hydrogens is 334 g/mol. The predicted octanol–water partition coefficient (Wildman–Crippen LogP) is 2.26. The lowest BCUT2D eigenvalue weighted by Crippen LogP contribution is -2.35. The van der Waals surface area contributed by atoms with Gasteiger partial charge in [0.1, 0.15) is 5.39 Å². The highest BCUT2D eigenvalue weighted by molar-refractivity contribution is 9.09. The van der Waals surface area contributed by atoms with Crippen LogP contribution in [0.4, 0.5) is 0 Å². The van der Waals surface area contributed by atoms with Crippen molar-refractivity contribution in [2.45, 2.75) is 45.1 Å². The van der Waals surface area contributed by atoms with Crippen molar-refractivity contribution in [1.29, 1.82) is 0 Å². The number of fused-ring (bicyclic) bond motifs is 1. The average Bonchev–Trinajstić information content (AvgIpc) is 2.73. The fourth-order valence-electron chi connectivity index (χ4n) is 3.21. The zero-order chi connectivity index (χ0) is 14.9. The maximum Gasteiger partial charge on any atom is 0.280 e. The largest absolute Gasteiger partial charge is 0.280 e. The fourth-order valence-corrected chi connectivity index (χ4v) is 3.95. The predicted molar refractivity (Wildman–Crippen MR) is 84.5 cm³/mol. The Morgan fingerprint density at radius 2 is 2.00 bits per heavy atom. The van der Waals surface area contributed by atoms with Crippen molar-refractivity contribution in [1.82, 2.24) is 24.8 Å². The first-order valence-corrected chi connectivity index (χ1v) is 8.59. The SMILES string of the molecule is Cn1ncc2c(=O)n(CC3(CBr)CCCCCC3)nnc21. The minimum Gasteiger partial charge on any atom is -0.267 e. The Labute approximate surface area is 131 Å². The molecule has 0 aromatic carbocycles. The van der Waals surface area contributed by atoms with Crippen LogP contribution < -0.4 is 5.56 Å². The first-order chi connectivity index (χ1) is 10.2. The number of aryl methyl sites for hydroxylation is 1. The Morgan fingerprint density at radius 1 is 1.29 bits per heavy atom. The molecule has 2 heterocycles. The number of alkyl halides is 1. The molecule has 7 heteroatoms. The van der Waals surface area contributed by atoms with E-state index in [1.54, 1.807) is 17.9 Å². The first-order valence-electron chi connectivity index (χ1n) is 7.47. The fraction of sp³-hybridized carbons (Fsp3) is 0.714. The molecule has 21 heavy (non-hydrogen) atoms. The monoisotopic (exact) mass is 353 g/mol. The highest BCUT2D eigenvalue weighted by atomic mass is 79.9. The van der Waals surface area contributed by atoms with E-state index in [1.165, 1.54) is 30.4 Å². The van der Waals surface area contributed by atoms with E-state index in [2.05, 4.69) is 31.3 Å². The zero-order valence-electron chi connectivity index (χ0n) is 12.3. The molecule has 0 amide bonds. The molecule has 1 saturated carbocycles. The molecule has 0 N–H and O–H groups in total. The molecule has 0 radical (unpaired) electrons. The first kappa shape index (κ1) is 14.7. The molecule has 0 saturated heterocycles. The summed E-state index contributed by atoms with van der Waals surface area (Å²) in [5.41, 5.74) is 0.577. The van der Waals surface area contributed by atoms with Gasteiger partial charge in [0.2, 0.25) is 0 Å². The Morgan fingerprint density at radius 3 is 2.67 bits per heavy atom. The van der Waals surface area contributed by atoms with Gasteiger partial charge in [-0.25, -0.2) is 9.36 Å². The van der Waals surface area contributed by atoms with Crippen molar-refractivity contribution in [2.75, 3.05) is 5.33 Å². The van der Waals surface area contributed by atoms with Gasteiger partial charge in [-0.05, 0) is 18.3 Å². The quantitative estimate of drug-likeness (QED) is 0.627. The number of hydrogen-bond acceptors (Lipinski definition) is 4. The molecule has 3 rings (SSSR count). The van der Waals surface area contributed by atoms with Gasteiger partial charge in [0, 0.05) is 12.4 Å². The Kier molecular flexibility index (Phi) is 4.10. The molecule has 2 aromatic heterocycles. The van der Waals surface area contributed by atoms with E-state index in [-0.39, 0.29) is 11.0 Å². The van der Waals surface area contributed by atoms with Crippen LogP contribution in [0.1, 0.15) is 38.5 Å². The number of rotatable bonds is 3. The van der Waals surface area contributed by atoms with Crippen LogP contribution in [-0.2, 0) is 13.6 Å². The van der Waals surface area contributed by atoms with Gasteiger partial charge in [0.05, 0.1) is 12.7 Å². The third-order valence-electron chi connectivity index (χ3n) is 4.55. The molecular formula is C14H20BrN5O. The van der Waals surface area contributed by atoms with E-state index >= 15 is 0 Å². The van der Waals surface area contributed by atoms with Gasteiger partial charge in [-0.3, -0.25) is 4.79 Å². The van der Waals surface area contributed by atoms with E-state index in [9.17, 15) is 4.79 Å². The highest BCUT2D eigenvalue weighted by Gasteiger charge is 2.31. The van der Waals surface area contributed by atoms with Crippen LogP contribution in [0.25, 0.3) is 11.0 Å². The second-order valence-electron chi connectivity index (χ2n) is 6.11. The van der Waals surface area contributed by atoms with Crippen molar-refractivity contribution in [2.24, 2.45) is 12.5 Å². The molecule has 1 aliphatic carbocycles. The van der Waals surface area contributed by atoms with Crippen molar-refractivity contribution < 1.29 is 0 Å². The summed E-state index contributed by atoms with van der Waals surface area (Å²) < 4.78 is 3.11. The second kappa shape index (κ2) is 5.87. The van der Waals surface area contributed by atoms with Crippen LogP contribution in [0.2, 0.25) is 0 Å². The topological polar surface area (TPSA) is 65.6 Å². The van der Waals surface area contributed by atoms with Crippen molar-refractivity contribution in [3.05, 3.63) is 16.6 Å². The Balaban J connectivity index is 1.96. The van der Waals surface area contributed by atoms with Crippen LogP contribution in [0.5, 0.6) is 0 Å². The van der Waals surface area contributed by atoms with Crippen LogP contribution in [-0.4, -0.2) is 30.1 Å². The van der Waals surface area contributed by atoms with Crippen molar-refractivity contribution in [3.63, 3.8) is 0 Å². The van der Waals surface area contributed by atoms with Gasteiger partial charge in [0.25, 0.3) is 5.56 Å². The molecule has 0 spiro atoms. The highest BCUT2D eigenvalue weighted by Crippen LogP contribution is 2.37. The van der Waals surface area contributed by atoms with Crippen LogP contribution in [0.15, 0.2) is 11.0 Å². The van der Waals surface area contributed by atoms with Crippen LogP contribution in [0, 0.1) is 5.41 Å². The van der Waals surface area contributed by atoms with Gasteiger partial charge in [0.15, 0.2) is 5.65 Å². The molecule has 1 aliphatic rings. The summed E-state index contributed by atoms with van der Waals surface area (Å²) >= 11 is 3.66. The summed E-state index contributed by atoms with van der Waals surface area (Å²) in [6.45, 7) is 0.634. The van der Waals surface area contributed by atoms with Crippen molar-refractivity contribution >= 4 is 27.0 Å². The zero-order valence-corrected chi connectivity index (χ0v) is 13.8. The Hall–Kier alpha value is -1.24.